The van der Waals surface area contributed by atoms with E-state index in [0.29, 0.717) is 24.7 Å². The van der Waals surface area contributed by atoms with Crippen molar-refractivity contribution in [1.29, 1.82) is 0 Å². The molecule has 1 aliphatic heterocycles. The lowest BCUT2D eigenvalue weighted by molar-refractivity contribution is 0.124. The predicted molar refractivity (Wildman–Crippen MR) is 90.3 cm³/mol. The molecule has 126 valence electrons. The highest BCUT2D eigenvalue weighted by Crippen LogP contribution is 2.21. The fourth-order valence-corrected chi connectivity index (χ4v) is 4.35. The van der Waals surface area contributed by atoms with Crippen LogP contribution in [0.2, 0.25) is 0 Å². The molecule has 0 spiro atoms. The van der Waals surface area contributed by atoms with Crippen LogP contribution < -0.4 is 10.0 Å². The van der Waals surface area contributed by atoms with Gasteiger partial charge in [0.05, 0.1) is 18.1 Å². The lowest BCUT2D eigenvalue weighted by Crippen LogP contribution is -2.35. The van der Waals surface area contributed by atoms with E-state index in [1.54, 1.807) is 0 Å². The van der Waals surface area contributed by atoms with E-state index in [1.807, 2.05) is 32.9 Å². The molecule has 0 aliphatic carbocycles. The van der Waals surface area contributed by atoms with Gasteiger partial charge in [0, 0.05) is 25.6 Å². The number of hydrogen-bond acceptors (Lipinski definition) is 4. The van der Waals surface area contributed by atoms with Gasteiger partial charge >= 0.3 is 0 Å². The summed E-state index contributed by atoms with van der Waals surface area (Å²) in [5, 5.41) is 3.24. The topological polar surface area (TPSA) is 67.4 Å². The average molecular weight is 349 g/mol. The third-order valence-corrected chi connectivity index (χ3v) is 5.37. The average Bonchev–Trinajstić information content (AvgIpc) is 2.63. The summed E-state index contributed by atoms with van der Waals surface area (Å²) in [4.78, 5) is 0.399. The molecule has 1 saturated heterocycles. The molecule has 7 heteroatoms. The summed E-state index contributed by atoms with van der Waals surface area (Å²) in [6.45, 7) is 8.89. The fourth-order valence-electron chi connectivity index (χ4n) is 2.78. The second kappa shape index (κ2) is 8.26. The number of aryl methyl sites for hydroxylation is 3. The van der Waals surface area contributed by atoms with Gasteiger partial charge < -0.3 is 10.1 Å². The van der Waals surface area contributed by atoms with Crippen LogP contribution in [0.4, 0.5) is 0 Å². The smallest absolute Gasteiger partial charge is 0.241 e. The maximum absolute atomic E-state index is 12.5. The molecule has 0 amide bonds. The van der Waals surface area contributed by atoms with Gasteiger partial charge in [-0.05, 0) is 31.9 Å². The van der Waals surface area contributed by atoms with E-state index in [1.165, 1.54) is 0 Å². The Balaban J connectivity index is 0.00000242. The molecule has 1 aromatic carbocycles. The molecule has 22 heavy (non-hydrogen) atoms. The van der Waals surface area contributed by atoms with Gasteiger partial charge in [0.25, 0.3) is 0 Å². The summed E-state index contributed by atoms with van der Waals surface area (Å²) in [5.74, 6) is 0.160. The summed E-state index contributed by atoms with van der Waals surface area (Å²) in [6.07, 6.45) is 0. The molecule has 1 atom stereocenters. The van der Waals surface area contributed by atoms with E-state index >= 15 is 0 Å². The van der Waals surface area contributed by atoms with Gasteiger partial charge in [0.15, 0.2) is 0 Å². The van der Waals surface area contributed by atoms with E-state index in [4.69, 9.17) is 4.74 Å². The van der Waals surface area contributed by atoms with E-state index in [-0.39, 0.29) is 18.3 Å². The third kappa shape index (κ3) is 4.93. The zero-order chi connectivity index (χ0) is 15.5. The Morgan fingerprint density at radius 2 is 1.91 bits per heavy atom. The van der Waals surface area contributed by atoms with Gasteiger partial charge in [-0.15, -0.1) is 12.4 Å². The quantitative estimate of drug-likeness (QED) is 0.866. The third-order valence-electron chi connectivity index (χ3n) is 3.65. The highest BCUT2D eigenvalue weighted by atomic mass is 35.5. The summed E-state index contributed by atoms with van der Waals surface area (Å²) in [7, 11) is -3.48. The molecular formula is C15H25ClN2O3S. The number of nitrogens with one attached hydrogen (secondary N) is 2. The van der Waals surface area contributed by atoms with Gasteiger partial charge in [-0.3, -0.25) is 0 Å². The van der Waals surface area contributed by atoms with Crippen molar-refractivity contribution in [2.75, 3.05) is 32.8 Å². The second-order valence-corrected chi connectivity index (χ2v) is 7.43. The van der Waals surface area contributed by atoms with E-state index in [0.717, 1.165) is 29.8 Å². The van der Waals surface area contributed by atoms with E-state index in [2.05, 4.69) is 10.0 Å². The van der Waals surface area contributed by atoms with Crippen LogP contribution >= 0.6 is 12.4 Å². The Morgan fingerprint density at radius 1 is 1.27 bits per heavy atom. The van der Waals surface area contributed by atoms with Crippen molar-refractivity contribution in [2.24, 2.45) is 5.92 Å². The molecule has 5 nitrogen and oxygen atoms in total. The Hall–Kier alpha value is -0.660. The first-order chi connectivity index (χ1) is 9.90. The molecule has 1 aliphatic rings. The Labute approximate surface area is 139 Å². The zero-order valence-electron chi connectivity index (χ0n) is 13.3. The molecule has 2 N–H and O–H groups in total. The van der Waals surface area contributed by atoms with Gasteiger partial charge in [-0.1, -0.05) is 17.7 Å². The van der Waals surface area contributed by atoms with Crippen molar-refractivity contribution in [2.45, 2.75) is 25.7 Å². The van der Waals surface area contributed by atoms with Crippen molar-refractivity contribution < 1.29 is 13.2 Å². The molecular weight excluding hydrogens is 324 g/mol. The maximum atomic E-state index is 12.5. The van der Waals surface area contributed by atoms with Gasteiger partial charge in [0.2, 0.25) is 10.0 Å². The van der Waals surface area contributed by atoms with Crippen LogP contribution in [0, 0.1) is 26.7 Å². The first-order valence-electron chi connectivity index (χ1n) is 7.26. The van der Waals surface area contributed by atoms with Crippen LogP contribution in [0.25, 0.3) is 0 Å². The predicted octanol–water partition coefficient (Wildman–Crippen LogP) is 1.55. The van der Waals surface area contributed by atoms with Crippen LogP contribution in [0.15, 0.2) is 17.0 Å². The van der Waals surface area contributed by atoms with Gasteiger partial charge in [0.1, 0.15) is 0 Å². The molecule has 1 fully saturated rings. The van der Waals surface area contributed by atoms with Crippen LogP contribution in [-0.2, 0) is 14.8 Å². The summed E-state index contributed by atoms with van der Waals surface area (Å²) < 4.78 is 33.3. The molecule has 1 aromatic rings. The number of halogens is 1. The second-order valence-electron chi connectivity index (χ2n) is 5.72. The minimum Gasteiger partial charge on any atom is -0.380 e. The number of hydrogen-bond donors (Lipinski definition) is 2. The molecule has 0 bridgehead atoms. The van der Waals surface area contributed by atoms with Crippen LogP contribution in [0.5, 0.6) is 0 Å². The van der Waals surface area contributed by atoms with Crippen LogP contribution in [-0.4, -0.2) is 41.3 Å². The lowest BCUT2D eigenvalue weighted by atomic mass is 10.1. The van der Waals surface area contributed by atoms with Crippen molar-refractivity contribution >= 4 is 22.4 Å². The van der Waals surface area contributed by atoms with E-state index in [9.17, 15) is 8.42 Å². The minimum atomic E-state index is -3.48. The van der Waals surface area contributed by atoms with Gasteiger partial charge in [-0.25, -0.2) is 13.1 Å². The molecule has 0 radical (unpaired) electrons. The van der Waals surface area contributed by atoms with Crippen LogP contribution in [0.3, 0.4) is 0 Å². The van der Waals surface area contributed by atoms with Gasteiger partial charge in [-0.2, -0.15) is 0 Å². The van der Waals surface area contributed by atoms with Crippen molar-refractivity contribution in [3.63, 3.8) is 0 Å². The fraction of sp³-hybridized carbons (Fsp3) is 0.600. The highest BCUT2D eigenvalue weighted by molar-refractivity contribution is 7.89. The molecule has 1 heterocycles. The number of sulfonamides is 1. The number of rotatable bonds is 4. The first kappa shape index (κ1) is 19.4. The molecule has 0 aromatic heterocycles. The van der Waals surface area contributed by atoms with Crippen molar-refractivity contribution in [3.8, 4) is 0 Å². The Kier molecular flexibility index (Phi) is 7.28. The molecule has 2 rings (SSSR count). The summed E-state index contributed by atoms with van der Waals surface area (Å²) in [6, 6.07) is 3.80. The largest absolute Gasteiger partial charge is 0.380 e. The Morgan fingerprint density at radius 3 is 2.55 bits per heavy atom. The maximum Gasteiger partial charge on any atom is 0.241 e. The highest BCUT2D eigenvalue weighted by Gasteiger charge is 2.22. The van der Waals surface area contributed by atoms with E-state index < -0.39 is 10.0 Å². The molecule has 1 unspecified atom stereocenters. The number of ether oxygens (including phenoxy) is 1. The van der Waals surface area contributed by atoms with Crippen LogP contribution in [0.1, 0.15) is 16.7 Å². The first-order valence-corrected chi connectivity index (χ1v) is 8.74. The lowest BCUT2D eigenvalue weighted by Gasteiger charge is -2.17. The number of benzene rings is 1. The standard InChI is InChI=1S/C15H24N2O3S.ClH/c1-11-6-12(2)15(13(3)7-11)21(18,19)17-9-14-8-16-4-5-20-10-14;/h6-7,14,16-17H,4-5,8-10H2,1-3H3;1H. The zero-order valence-corrected chi connectivity index (χ0v) is 14.9. The molecule has 0 saturated carbocycles. The monoisotopic (exact) mass is 348 g/mol. The van der Waals surface area contributed by atoms with Crippen molar-refractivity contribution in [1.82, 2.24) is 10.0 Å². The van der Waals surface area contributed by atoms with Crippen molar-refractivity contribution in [3.05, 3.63) is 28.8 Å². The Bertz CT molecular complexity index is 574. The normalized spacial score (nSPS) is 19.3. The minimum absolute atomic E-state index is 0. The SMILES string of the molecule is Cc1cc(C)c(S(=O)(=O)NCC2CNCCOC2)c(C)c1.Cl. The summed E-state index contributed by atoms with van der Waals surface area (Å²) in [5.41, 5.74) is 2.65. The summed E-state index contributed by atoms with van der Waals surface area (Å²) >= 11 is 0.